The molecule has 0 atom stereocenters. The summed E-state index contributed by atoms with van der Waals surface area (Å²) in [6, 6.07) is 13.0. The van der Waals surface area contributed by atoms with Crippen molar-refractivity contribution in [2.45, 2.75) is 27.4 Å². The maximum absolute atomic E-state index is 13.4. The smallest absolute Gasteiger partial charge is 0.335 e. The third-order valence-corrected chi connectivity index (χ3v) is 6.90. The van der Waals surface area contributed by atoms with E-state index in [-0.39, 0.29) is 12.2 Å². The lowest BCUT2D eigenvalue weighted by Crippen LogP contribution is -2.54. The molecule has 4 amide bonds. The van der Waals surface area contributed by atoms with E-state index in [4.69, 9.17) is 32.7 Å². The van der Waals surface area contributed by atoms with E-state index in [1.165, 1.54) is 6.08 Å². The van der Waals surface area contributed by atoms with Crippen LogP contribution in [0.25, 0.3) is 6.08 Å². The highest BCUT2D eigenvalue weighted by Crippen LogP contribution is 2.36. The number of halogens is 3. The van der Waals surface area contributed by atoms with Crippen LogP contribution in [0.4, 0.5) is 10.5 Å². The average Bonchev–Trinajstić information content (AvgIpc) is 2.82. The van der Waals surface area contributed by atoms with E-state index in [0.717, 1.165) is 21.6 Å². The van der Waals surface area contributed by atoms with Gasteiger partial charge in [-0.1, -0.05) is 51.3 Å². The first kappa shape index (κ1) is 27.7. The van der Waals surface area contributed by atoms with Gasteiger partial charge >= 0.3 is 6.03 Å². The van der Waals surface area contributed by atoms with E-state index in [9.17, 15) is 14.4 Å². The molecule has 1 saturated heterocycles. The third kappa shape index (κ3) is 6.04. The second-order valence-corrected chi connectivity index (χ2v) is 10.3. The zero-order chi connectivity index (χ0) is 27.6. The van der Waals surface area contributed by atoms with E-state index in [1.807, 2.05) is 26.8 Å². The zero-order valence-corrected chi connectivity index (χ0v) is 23.8. The second kappa shape index (κ2) is 11.6. The minimum atomic E-state index is -0.805. The van der Waals surface area contributed by atoms with Crippen molar-refractivity contribution in [3.8, 4) is 11.5 Å². The van der Waals surface area contributed by atoms with Crippen molar-refractivity contribution in [1.82, 2.24) is 5.32 Å². The van der Waals surface area contributed by atoms with Gasteiger partial charge in [0.1, 0.15) is 12.2 Å². The summed E-state index contributed by atoms with van der Waals surface area (Å²) in [7, 11) is 0. The molecule has 3 aromatic carbocycles. The van der Waals surface area contributed by atoms with Gasteiger partial charge < -0.3 is 9.47 Å². The van der Waals surface area contributed by atoms with Gasteiger partial charge in [0.25, 0.3) is 11.8 Å². The van der Waals surface area contributed by atoms with Crippen molar-refractivity contribution < 1.29 is 23.9 Å². The van der Waals surface area contributed by atoms with Crippen LogP contribution < -0.4 is 19.7 Å². The maximum Gasteiger partial charge on any atom is 0.335 e. The number of rotatable bonds is 7. The van der Waals surface area contributed by atoms with Crippen molar-refractivity contribution in [3.05, 3.63) is 90.9 Å². The fourth-order valence-electron chi connectivity index (χ4n) is 3.96. The van der Waals surface area contributed by atoms with E-state index in [2.05, 4.69) is 21.2 Å². The van der Waals surface area contributed by atoms with Gasteiger partial charge in [-0.3, -0.25) is 14.9 Å². The molecule has 1 aliphatic rings. The summed E-state index contributed by atoms with van der Waals surface area (Å²) in [6.07, 6.45) is 1.41. The molecule has 0 aromatic heterocycles. The number of ether oxygens (including phenoxy) is 2. The average molecular weight is 618 g/mol. The predicted molar refractivity (Wildman–Crippen MR) is 151 cm³/mol. The molecule has 38 heavy (non-hydrogen) atoms. The Morgan fingerprint density at radius 2 is 1.63 bits per heavy atom. The normalized spacial score (nSPS) is 14.6. The minimum Gasteiger partial charge on any atom is -0.490 e. The summed E-state index contributed by atoms with van der Waals surface area (Å²) in [5.74, 6) is -0.689. The van der Waals surface area contributed by atoms with Gasteiger partial charge in [0.05, 0.1) is 12.3 Å². The van der Waals surface area contributed by atoms with Crippen LogP contribution >= 0.6 is 39.1 Å². The molecule has 0 unspecified atom stereocenters. The number of barbiturate groups is 1. The summed E-state index contributed by atoms with van der Waals surface area (Å²) in [5.41, 5.74) is 3.15. The molecular formula is C28H23BrCl2N2O5. The Morgan fingerprint density at radius 1 is 0.947 bits per heavy atom. The summed E-state index contributed by atoms with van der Waals surface area (Å²) < 4.78 is 12.3. The monoisotopic (exact) mass is 616 g/mol. The zero-order valence-electron chi connectivity index (χ0n) is 20.7. The highest BCUT2D eigenvalue weighted by molar-refractivity contribution is 9.10. The first-order valence-corrected chi connectivity index (χ1v) is 13.1. The minimum absolute atomic E-state index is 0.164. The molecule has 7 nitrogen and oxygen atoms in total. The SMILES string of the molecule is CCOc1cc(/C=C2\C(=O)NC(=O)N(c3cc(C)cc(C)c3)C2=O)c(Br)cc1OCc1ccc(Cl)cc1Cl. The molecular weight excluding hydrogens is 595 g/mol. The topological polar surface area (TPSA) is 84.9 Å². The molecule has 196 valence electrons. The van der Waals surface area contributed by atoms with Gasteiger partial charge in [-0.05, 0) is 79.9 Å². The number of urea groups is 1. The highest BCUT2D eigenvalue weighted by atomic mass is 79.9. The summed E-state index contributed by atoms with van der Waals surface area (Å²) in [4.78, 5) is 39.6. The van der Waals surface area contributed by atoms with Crippen LogP contribution in [0.2, 0.25) is 10.0 Å². The molecule has 0 saturated carbocycles. The first-order chi connectivity index (χ1) is 18.1. The number of benzene rings is 3. The number of amides is 4. The second-order valence-electron chi connectivity index (χ2n) is 8.58. The third-order valence-electron chi connectivity index (χ3n) is 5.63. The number of aryl methyl sites for hydroxylation is 2. The van der Waals surface area contributed by atoms with Crippen LogP contribution in [0.1, 0.15) is 29.2 Å². The molecule has 3 aromatic rings. The van der Waals surface area contributed by atoms with Crippen LogP contribution in [0, 0.1) is 13.8 Å². The fraction of sp³-hybridized carbons (Fsp3) is 0.179. The summed E-state index contributed by atoms with van der Waals surface area (Å²) in [5, 5.41) is 3.25. The molecule has 0 bridgehead atoms. The van der Waals surface area contributed by atoms with Gasteiger partial charge in [0.15, 0.2) is 11.5 Å². The lowest BCUT2D eigenvalue weighted by atomic mass is 10.0. The van der Waals surface area contributed by atoms with Crippen LogP contribution in [-0.4, -0.2) is 24.5 Å². The molecule has 1 heterocycles. The number of anilines is 1. The number of carbonyl (C=O) groups excluding carboxylic acids is 3. The van der Waals surface area contributed by atoms with Gasteiger partial charge in [-0.2, -0.15) is 0 Å². The molecule has 1 fully saturated rings. The lowest BCUT2D eigenvalue weighted by Gasteiger charge is -2.27. The van der Waals surface area contributed by atoms with Gasteiger partial charge in [-0.25, -0.2) is 9.69 Å². The van der Waals surface area contributed by atoms with Crippen LogP contribution in [-0.2, 0) is 16.2 Å². The van der Waals surface area contributed by atoms with E-state index in [0.29, 0.717) is 43.9 Å². The highest BCUT2D eigenvalue weighted by Gasteiger charge is 2.37. The number of nitrogens with zero attached hydrogens (tertiary/aromatic N) is 1. The predicted octanol–water partition coefficient (Wildman–Crippen LogP) is 7.02. The van der Waals surface area contributed by atoms with Crippen molar-refractivity contribution in [2.24, 2.45) is 0 Å². The Labute approximate surface area is 238 Å². The lowest BCUT2D eigenvalue weighted by molar-refractivity contribution is -0.122. The number of nitrogens with one attached hydrogen (secondary N) is 1. The molecule has 10 heteroatoms. The molecule has 0 aliphatic carbocycles. The molecule has 1 N–H and O–H groups in total. The Balaban J connectivity index is 1.68. The van der Waals surface area contributed by atoms with E-state index < -0.39 is 17.8 Å². The van der Waals surface area contributed by atoms with Crippen LogP contribution in [0.3, 0.4) is 0 Å². The quantitative estimate of drug-likeness (QED) is 0.228. The van der Waals surface area contributed by atoms with Crippen LogP contribution in [0.15, 0.2) is 58.6 Å². The Kier molecular flexibility index (Phi) is 8.45. The summed E-state index contributed by atoms with van der Waals surface area (Å²) in [6.45, 7) is 6.07. The molecule has 0 spiro atoms. The Morgan fingerprint density at radius 3 is 2.29 bits per heavy atom. The first-order valence-electron chi connectivity index (χ1n) is 11.6. The maximum atomic E-state index is 13.4. The number of hydrogen-bond acceptors (Lipinski definition) is 5. The van der Waals surface area contributed by atoms with Crippen molar-refractivity contribution >= 4 is 68.7 Å². The van der Waals surface area contributed by atoms with E-state index >= 15 is 0 Å². The number of imide groups is 2. The Bertz CT molecular complexity index is 1470. The standard InChI is InChI=1S/C28H23BrCl2N2O5/c1-4-37-24-11-18(22(29)13-25(24)38-14-17-5-6-19(30)12-23(17)31)10-21-26(34)32-28(36)33(27(21)35)20-8-15(2)7-16(3)9-20/h5-13H,4,14H2,1-3H3,(H,32,34,36)/b21-10+. The van der Waals surface area contributed by atoms with Gasteiger partial charge in [0.2, 0.25) is 0 Å². The summed E-state index contributed by atoms with van der Waals surface area (Å²) >= 11 is 15.7. The number of carbonyl (C=O) groups is 3. The largest absolute Gasteiger partial charge is 0.490 e. The fourth-order valence-corrected chi connectivity index (χ4v) is 4.86. The van der Waals surface area contributed by atoms with Crippen molar-refractivity contribution in [1.29, 1.82) is 0 Å². The Hall–Kier alpha value is -3.33. The molecule has 0 radical (unpaired) electrons. The van der Waals surface area contributed by atoms with Crippen molar-refractivity contribution in [3.63, 3.8) is 0 Å². The van der Waals surface area contributed by atoms with Crippen molar-refractivity contribution in [2.75, 3.05) is 11.5 Å². The van der Waals surface area contributed by atoms with E-state index in [1.54, 1.807) is 42.5 Å². The van der Waals surface area contributed by atoms with Gasteiger partial charge in [-0.15, -0.1) is 0 Å². The van der Waals surface area contributed by atoms with Crippen LogP contribution in [0.5, 0.6) is 11.5 Å². The molecule has 1 aliphatic heterocycles. The molecule has 4 rings (SSSR count). The number of hydrogen-bond donors (Lipinski definition) is 1. The van der Waals surface area contributed by atoms with Gasteiger partial charge in [0, 0.05) is 20.1 Å².